The molecule has 0 saturated carbocycles. The minimum Gasteiger partial charge on any atom is -0.324 e. The lowest BCUT2D eigenvalue weighted by atomic mass is 9.94. The summed E-state index contributed by atoms with van der Waals surface area (Å²) in [6.45, 7) is 4.12. The van der Waals surface area contributed by atoms with Crippen molar-refractivity contribution in [2.24, 2.45) is 11.7 Å². The van der Waals surface area contributed by atoms with E-state index in [1.165, 1.54) is 0 Å². The lowest BCUT2D eigenvalue weighted by molar-refractivity contribution is -0.122. The quantitative estimate of drug-likeness (QED) is 0.783. The SMILES string of the molecule is CCCC(C)C(=O)CCC(N)c1ccccc1. The van der Waals surface area contributed by atoms with Crippen LogP contribution in [0.1, 0.15) is 51.1 Å². The Morgan fingerprint density at radius 2 is 1.88 bits per heavy atom. The number of rotatable bonds is 7. The first-order valence-electron chi connectivity index (χ1n) is 6.48. The van der Waals surface area contributed by atoms with Crippen LogP contribution in [0.15, 0.2) is 30.3 Å². The van der Waals surface area contributed by atoms with E-state index in [9.17, 15) is 4.79 Å². The molecule has 0 amide bonds. The Labute approximate surface area is 104 Å². The summed E-state index contributed by atoms with van der Waals surface area (Å²) in [6, 6.07) is 9.96. The van der Waals surface area contributed by atoms with Crippen molar-refractivity contribution < 1.29 is 4.79 Å². The van der Waals surface area contributed by atoms with E-state index < -0.39 is 0 Å². The molecule has 0 radical (unpaired) electrons. The van der Waals surface area contributed by atoms with E-state index in [-0.39, 0.29) is 12.0 Å². The molecular weight excluding hydrogens is 210 g/mol. The number of carbonyl (C=O) groups excluding carboxylic acids is 1. The molecular formula is C15H23NO. The molecule has 1 aromatic rings. The number of nitrogens with two attached hydrogens (primary N) is 1. The van der Waals surface area contributed by atoms with Crippen molar-refractivity contribution in [3.63, 3.8) is 0 Å². The van der Waals surface area contributed by atoms with E-state index in [1.807, 2.05) is 37.3 Å². The van der Waals surface area contributed by atoms with Crippen LogP contribution < -0.4 is 5.73 Å². The number of hydrogen-bond acceptors (Lipinski definition) is 2. The molecule has 17 heavy (non-hydrogen) atoms. The van der Waals surface area contributed by atoms with Gasteiger partial charge in [0.2, 0.25) is 0 Å². The minimum atomic E-state index is -0.0195. The number of ketones is 1. The molecule has 2 atom stereocenters. The molecule has 0 aromatic heterocycles. The maximum Gasteiger partial charge on any atom is 0.135 e. The zero-order valence-electron chi connectivity index (χ0n) is 10.9. The van der Waals surface area contributed by atoms with Gasteiger partial charge in [0.05, 0.1) is 0 Å². The molecule has 1 rings (SSSR count). The topological polar surface area (TPSA) is 43.1 Å². The molecule has 0 saturated heterocycles. The van der Waals surface area contributed by atoms with Gasteiger partial charge in [-0.05, 0) is 18.4 Å². The first-order valence-corrected chi connectivity index (χ1v) is 6.48. The van der Waals surface area contributed by atoms with Gasteiger partial charge < -0.3 is 5.73 Å². The third-order valence-corrected chi connectivity index (χ3v) is 3.20. The van der Waals surface area contributed by atoms with Crippen molar-refractivity contribution >= 4 is 5.78 Å². The van der Waals surface area contributed by atoms with Crippen molar-refractivity contribution in [3.05, 3.63) is 35.9 Å². The van der Waals surface area contributed by atoms with E-state index in [2.05, 4.69) is 6.92 Å². The second-order valence-corrected chi connectivity index (χ2v) is 4.71. The third kappa shape index (κ3) is 4.70. The Kier molecular flexibility index (Phi) is 5.92. The maximum absolute atomic E-state index is 11.8. The number of benzene rings is 1. The van der Waals surface area contributed by atoms with Crippen molar-refractivity contribution in [1.82, 2.24) is 0 Å². The van der Waals surface area contributed by atoms with Gasteiger partial charge in [0.15, 0.2) is 0 Å². The highest BCUT2D eigenvalue weighted by Gasteiger charge is 2.14. The summed E-state index contributed by atoms with van der Waals surface area (Å²) in [5.74, 6) is 0.529. The summed E-state index contributed by atoms with van der Waals surface area (Å²) < 4.78 is 0. The summed E-state index contributed by atoms with van der Waals surface area (Å²) >= 11 is 0. The minimum absolute atomic E-state index is 0.0195. The van der Waals surface area contributed by atoms with Crippen molar-refractivity contribution in [2.45, 2.75) is 45.6 Å². The number of carbonyl (C=O) groups is 1. The van der Waals surface area contributed by atoms with Crippen LogP contribution in [-0.4, -0.2) is 5.78 Å². The van der Waals surface area contributed by atoms with Gasteiger partial charge in [-0.2, -0.15) is 0 Å². The Hall–Kier alpha value is -1.15. The molecule has 0 aliphatic rings. The van der Waals surface area contributed by atoms with Gasteiger partial charge in [0.25, 0.3) is 0 Å². The zero-order chi connectivity index (χ0) is 12.7. The lowest BCUT2D eigenvalue weighted by Gasteiger charge is -2.13. The normalized spacial score (nSPS) is 14.3. The van der Waals surface area contributed by atoms with Crippen molar-refractivity contribution in [1.29, 1.82) is 0 Å². The van der Waals surface area contributed by atoms with Gasteiger partial charge in [-0.15, -0.1) is 0 Å². The van der Waals surface area contributed by atoms with Gasteiger partial charge in [-0.3, -0.25) is 4.79 Å². The Morgan fingerprint density at radius 3 is 2.47 bits per heavy atom. The van der Waals surface area contributed by atoms with Gasteiger partial charge in [-0.1, -0.05) is 50.6 Å². The van der Waals surface area contributed by atoms with E-state index in [0.29, 0.717) is 12.2 Å². The second-order valence-electron chi connectivity index (χ2n) is 4.71. The lowest BCUT2D eigenvalue weighted by Crippen LogP contribution is -2.16. The first kappa shape index (κ1) is 13.9. The number of hydrogen-bond donors (Lipinski definition) is 1. The van der Waals surface area contributed by atoms with Gasteiger partial charge >= 0.3 is 0 Å². The molecule has 94 valence electrons. The molecule has 2 nitrogen and oxygen atoms in total. The molecule has 1 aromatic carbocycles. The maximum atomic E-state index is 11.8. The van der Waals surface area contributed by atoms with E-state index in [0.717, 1.165) is 24.8 Å². The second kappa shape index (κ2) is 7.23. The van der Waals surface area contributed by atoms with Crippen LogP contribution in [0.3, 0.4) is 0 Å². The van der Waals surface area contributed by atoms with Gasteiger partial charge in [0.1, 0.15) is 5.78 Å². The van der Waals surface area contributed by atoms with Crippen LogP contribution in [0.25, 0.3) is 0 Å². The monoisotopic (exact) mass is 233 g/mol. The fraction of sp³-hybridized carbons (Fsp3) is 0.533. The third-order valence-electron chi connectivity index (χ3n) is 3.20. The summed E-state index contributed by atoms with van der Waals surface area (Å²) in [5, 5.41) is 0. The van der Waals surface area contributed by atoms with Crippen LogP contribution in [0.2, 0.25) is 0 Å². The number of Topliss-reactive ketones (excluding diaryl/α,β-unsaturated/α-hetero) is 1. The fourth-order valence-electron chi connectivity index (χ4n) is 2.01. The molecule has 2 N–H and O–H groups in total. The summed E-state index contributed by atoms with van der Waals surface area (Å²) in [4.78, 5) is 11.8. The molecule has 0 spiro atoms. The summed E-state index contributed by atoms with van der Waals surface area (Å²) in [6.07, 6.45) is 3.39. The molecule has 0 bridgehead atoms. The standard InChI is InChI=1S/C15H23NO/c1-3-7-12(2)15(17)11-10-14(16)13-8-5-4-6-9-13/h4-6,8-9,12,14H,3,7,10-11,16H2,1-2H3. The van der Waals surface area contributed by atoms with Crippen LogP contribution in [-0.2, 0) is 4.79 Å². The highest BCUT2D eigenvalue weighted by Crippen LogP contribution is 2.18. The molecule has 0 fully saturated rings. The highest BCUT2D eigenvalue weighted by molar-refractivity contribution is 5.80. The van der Waals surface area contributed by atoms with Crippen LogP contribution in [0.4, 0.5) is 0 Å². The van der Waals surface area contributed by atoms with Crippen LogP contribution >= 0.6 is 0 Å². The molecule has 0 aliphatic heterocycles. The largest absolute Gasteiger partial charge is 0.324 e. The predicted octanol–water partition coefficient (Wildman–Crippen LogP) is 3.47. The smallest absolute Gasteiger partial charge is 0.135 e. The average molecular weight is 233 g/mol. The van der Waals surface area contributed by atoms with Crippen LogP contribution in [0.5, 0.6) is 0 Å². The summed E-state index contributed by atoms with van der Waals surface area (Å²) in [5.41, 5.74) is 7.18. The van der Waals surface area contributed by atoms with Crippen LogP contribution in [0, 0.1) is 5.92 Å². The zero-order valence-corrected chi connectivity index (χ0v) is 10.9. The highest BCUT2D eigenvalue weighted by atomic mass is 16.1. The fourth-order valence-corrected chi connectivity index (χ4v) is 2.01. The molecule has 2 unspecified atom stereocenters. The summed E-state index contributed by atoms with van der Waals surface area (Å²) in [7, 11) is 0. The van der Waals surface area contributed by atoms with Crippen molar-refractivity contribution in [2.75, 3.05) is 0 Å². The Bertz CT molecular complexity index is 334. The van der Waals surface area contributed by atoms with E-state index in [1.54, 1.807) is 0 Å². The molecule has 2 heteroatoms. The Balaban J connectivity index is 2.38. The van der Waals surface area contributed by atoms with Crippen molar-refractivity contribution in [3.8, 4) is 0 Å². The molecule has 0 aliphatic carbocycles. The van der Waals surface area contributed by atoms with E-state index >= 15 is 0 Å². The average Bonchev–Trinajstić information content (AvgIpc) is 2.36. The predicted molar refractivity (Wildman–Crippen MR) is 71.7 cm³/mol. The van der Waals surface area contributed by atoms with Gasteiger partial charge in [-0.25, -0.2) is 0 Å². The molecule has 0 heterocycles. The van der Waals surface area contributed by atoms with Gasteiger partial charge in [0, 0.05) is 18.4 Å². The Morgan fingerprint density at radius 1 is 1.24 bits per heavy atom. The first-order chi connectivity index (χ1) is 8.15. The van der Waals surface area contributed by atoms with E-state index in [4.69, 9.17) is 5.73 Å².